The van der Waals surface area contributed by atoms with Gasteiger partial charge in [0.1, 0.15) is 5.58 Å². The van der Waals surface area contributed by atoms with Crippen LogP contribution in [0.5, 0.6) is 0 Å². The van der Waals surface area contributed by atoms with Gasteiger partial charge in [0.15, 0.2) is 5.76 Å². The Kier molecular flexibility index (Phi) is 5.15. The third-order valence-electron chi connectivity index (χ3n) is 4.47. The van der Waals surface area contributed by atoms with Crippen molar-refractivity contribution in [1.82, 2.24) is 10.9 Å². The lowest BCUT2D eigenvalue weighted by atomic mass is 9.89. The molecule has 1 aromatic carbocycles. The van der Waals surface area contributed by atoms with E-state index in [-0.39, 0.29) is 24.2 Å². The maximum absolute atomic E-state index is 12.4. The third-order valence-corrected chi connectivity index (χ3v) is 4.47. The Bertz CT molecular complexity index is 732. The van der Waals surface area contributed by atoms with E-state index in [1.54, 1.807) is 13.2 Å². The van der Waals surface area contributed by atoms with Gasteiger partial charge in [0, 0.05) is 24.0 Å². The van der Waals surface area contributed by atoms with Gasteiger partial charge in [0.05, 0.1) is 6.61 Å². The summed E-state index contributed by atoms with van der Waals surface area (Å²) in [5, 5.41) is 0.836. The zero-order chi connectivity index (χ0) is 16.9. The van der Waals surface area contributed by atoms with Crippen molar-refractivity contribution >= 4 is 22.8 Å². The fraction of sp³-hybridized carbons (Fsp3) is 0.444. The SMILES string of the molecule is COCc1c(C(=O)NNC(=O)C2CCCCC2)oc2ccccc12. The van der Waals surface area contributed by atoms with Crippen LogP contribution in [0.1, 0.15) is 48.2 Å². The molecule has 1 saturated carbocycles. The summed E-state index contributed by atoms with van der Waals surface area (Å²) in [5.41, 5.74) is 6.29. The van der Waals surface area contributed by atoms with Gasteiger partial charge in [-0.2, -0.15) is 0 Å². The molecule has 2 N–H and O–H groups in total. The van der Waals surface area contributed by atoms with Crippen molar-refractivity contribution < 1.29 is 18.7 Å². The summed E-state index contributed by atoms with van der Waals surface area (Å²) in [4.78, 5) is 24.6. The van der Waals surface area contributed by atoms with Crippen LogP contribution in [-0.2, 0) is 16.1 Å². The van der Waals surface area contributed by atoms with Crippen LogP contribution < -0.4 is 10.9 Å². The summed E-state index contributed by atoms with van der Waals surface area (Å²) < 4.78 is 10.8. The van der Waals surface area contributed by atoms with E-state index in [2.05, 4.69) is 10.9 Å². The highest BCUT2D eigenvalue weighted by Crippen LogP contribution is 2.26. The Labute approximate surface area is 140 Å². The Morgan fingerprint density at radius 2 is 1.92 bits per heavy atom. The number of fused-ring (bicyclic) bond motifs is 1. The first-order valence-electron chi connectivity index (χ1n) is 8.30. The van der Waals surface area contributed by atoms with Crippen molar-refractivity contribution in [2.75, 3.05) is 7.11 Å². The summed E-state index contributed by atoms with van der Waals surface area (Å²) in [7, 11) is 1.56. The van der Waals surface area contributed by atoms with Gasteiger partial charge in [-0.25, -0.2) is 0 Å². The summed E-state index contributed by atoms with van der Waals surface area (Å²) in [6, 6.07) is 7.40. The second-order valence-electron chi connectivity index (χ2n) is 6.12. The van der Waals surface area contributed by atoms with Crippen LogP contribution in [0.4, 0.5) is 0 Å². The number of hydrazine groups is 1. The van der Waals surface area contributed by atoms with Crippen LogP contribution in [0, 0.1) is 5.92 Å². The predicted octanol–water partition coefficient (Wildman–Crippen LogP) is 2.92. The van der Waals surface area contributed by atoms with E-state index in [0.29, 0.717) is 11.1 Å². The van der Waals surface area contributed by atoms with Gasteiger partial charge in [-0.05, 0) is 18.9 Å². The first-order valence-corrected chi connectivity index (χ1v) is 8.30. The molecule has 1 heterocycles. The largest absolute Gasteiger partial charge is 0.450 e. The van der Waals surface area contributed by atoms with Crippen molar-refractivity contribution in [3.63, 3.8) is 0 Å². The van der Waals surface area contributed by atoms with Crippen molar-refractivity contribution in [1.29, 1.82) is 0 Å². The average molecular weight is 330 g/mol. The molecule has 1 aliphatic carbocycles. The number of rotatable bonds is 4. The zero-order valence-electron chi connectivity index (χ0n) is 13.8. The molecule has 2 amide bonds. The second kappa shape index (κ2) is 7.49. The van der Waals surface area contributed by atoms with Crippen LogP contribution in [0.2, 0.25) is 0 Å². The van der Waals surface area contributed by atoms with Gasteiger partial charge in [0.25, 0.3) is 0 Å². The first kappa shape index (κ1) is 16.5. The highest BCUT2D eigenvalue weighted by atomic mass is 16.5. The van der Waals surface area contributed by atoms with E-state index < -0.39 is 5.91 Å². The quantitative estimate of drug-likeness (QED) is 0.845. The molecular weight excluding hydrogens is 308 g/mol. The van der Waals surface area contributed by atoms with Gasteiger partial charge in [-0.1, -0.05) is 37.5 Å². The van der Waals surface area contributed by atoms with E-state index in [1.165, 1.54) is 6.42 Å². The number of nitrogens with one attached hydrogen (secondary N) is 2. The molecule has 0 spiro atoms. The number of hydrogen-bond donors (Lipinski definition) is 2. The van der Waals surface area contributed by atoms with Gasteiger partial charge in [0.2, 0.25) is 5.91 Å². The maximum atomic E-state index is 12.4. The molecule has 0 bridgehead atoms. The Morgan fingerprint density at radius 3 is 2.67 bits per heavy atom. The van der Waals surface area contributed by atoms with Crippen LogP contribution in [-0.4, -0.2) is 18.9 Å². The summed E-state index contributed by atoms with van der Waals surface area (Å²) in [6.07, 6.45) is 5.05. The van der Waals surface area contributed by atoms with Gasteiger partial charge >= 0.3 is 5.91 Å². The molecule has 0 radical (unpaired) electrons. The normalized spacial score (nSPS) is 15.4. The summed E-state index contributed by atoms with van der Waals surface area (Å²) >= 11 is 0. The molecule has 6 heteroatoms. The van der Waals surface area contributed by atoms with E-state index in [0.717, 1.165) is 31.1 Å². The predicted molar refractivity (Wildman–Crippen MR) is 89.1 cm³/mol. The van der Waals surface area contributed by atoms with Gasteiger partial charge < -0.3 is 9.15 Å². The number of hydrogen-bond acceptors (Lipinski definition) is 4. The first-order chi connectivity index (χ1) is 11.7. The molecule has 0 atom stereocenters. The number of amides is 2. The molecule has 0 saturated heterocycles. The number of para-hydroxylation sites is 1. The number of methoxy groups -OCH3 is 1. The van der Waals surface area contributed by atoms with Crippen LogP contribution >= 0.6 is 0 Å². The lowest BCUT2D eigenvalue weighted by Gasteiger charge is -2.20. The van der Waals surface area contributed by atoms with E-state index in [1.807, 2.05) is 18.2 Å². The standard InChI is InChI=1S/C18H22N2O4/c1-23-11-14-13-9-5-6-10-15(13)24-16(14)18(22)20-19-17(21)12-7-3-2-4-8-12/h5-6,9-10,12H,2-4,7-8,11H2,1H3,(H,19,21)(H,20,22). The van der Waals surface area contributed by atoms with E-state index >= 15 is 0 Å². The van der Waals surface area contributed by atoms with E-state index in [4.69, 9.17) is 9.15 Å². The minimum Gasteiger partial charge on any atom is -0.450 e. The van der Waals surface area contributed by atoms with Crippen molar-refractivity contribution in [2.24, 2.45) is 5.92 Å². The molecule has 24 heavy (non-hydrogen) atoms. The second-order valence-corrected chi connectivity index (χ2v) is 6.12. The molecule has 0 unspecified atom stereocenters. The highest BCUT2D eigenvalue weighted by molar-refractivity contribution is 5.99. The summed E-state index contributed by atoms with van der Waals surface area (Å²) in [5.74, 6) is -0.454. The lowest BCUT2D eigenvalue weighted by Crippen LogP contribution is -2.45. The Morgan fingerprint density at radius 1 is 1.17 bits per heavy atom. The smallest absolute Gasteiger partial charge is 0.305 e. The van der Waals surface area contributed by atoms with Gasteiger partial charge in [-0.3, -0.25) is 20.4 Å². The molecule has 1 aliphatic rings. The fourth-order valence-corrected chi connectivity index (χ4v) is 3.21. The molecule has 1 fully saturated rings. The Balaban J connectivity index is 1.71. The maximum Gasteiger partial charge on any atom is 0.305 e. The highest BCUT2D eigenvalue weighted by Gasteiger charge is 2.24. The minimum absolute atomic E-state index is 0.0202. The molecule has 2 aromatic rings. The monoisotopic (exact) mass is 330 g/mol. The number of ether oxygens (including phenoxy) is 1. The van der Waals surface area contributed by atoms with Crippen LogP contribution in [0.3, 0.4) is 0 Å². The number of carbonyl (C=O) groups is 2. The van der Waals surface area contributed by atoms with Gasteiger partial charge in [-0.15, -0.1) is 0 Å². The van der Waals surface area contributed by atoms with Crippen molar-refractivity contribution in [2.45, 2.75) is 38.7 Å². The minimum atomic E-state index is -0.470. The molecule has 1 aromatic heterocycles. The molecular formula is C18H22N2O4. The molecule has 6 nitrogen and oxygen atoms in total. The van der Waals surface area contributed by atoms with E-state index in [9.17, 15) is 9.59 Å². The number of carbonyl (C=O) groups excluding carboxylic acids is 2. The molecule has 128 valence electrons. The number of furan rings is 1. The van der Waals surface area contributed by atoms with Crippen LogP contribution in [0.25, 0.3) is 11.0 Å². The van der Waals surface area contributed by atoms with Crippen LogP contribution in [0.15, 0.2) is 28.7 Å². The Hall–Kier alpha value is -2.34. The molecule has 0 aliphatic heterocycles. The van der Waals surface area contributed by atoms with Crippen molar-refractivity contribution in [3.05, 3.63) is 35.6 Å². The average Bonchev–Trinajstić information content (AvgIpc) is 2.99. The summed E-state index contributed by atoms with van der Waals surface area (Å²) in [6.45, 7) is 0.260. The topological polar surface area (TPSA) is 80.6 Å². The third kappa shape index (κ3) is 3.43. The molecule has 3 rings (SSSR count). The fourth-order valence-electron chi connectivity index (χ4n) is 3.21. The van der Waals surface area contributed by atoms with Crippen molar-refractivity contribution in [3.8, 4) is 0 Å². The number of benzene rings is 1. The zero-order valence-corrected chi connectivity index (χ0v) is 13.8. The lowest BCUT2D eigenvalue weighted by molar-refractivity contribution is -0.126.